The van der Waals surface area contributed by atoms with Gasteiger partial charge in [0.1, 0.15) is 6.61 Å². The van der Waals surface area contributed by atoms with Crippen LogP contribution in [0.25, 0.3) is 11.1 Å². The van der Waals surface area contributed by atoms with E-state index in [1.54, 1.807) is 25.4 Å². The third kappa shape index (κ3) is 5.39. The van der Waals surface area contributed by atoms with Crippen molar-refractivity contribution in [2.75, 3.05) is 20.8 Å². The molecule has 1 aromatic carbocycles. The zero-order chi connectivity index (χ0) is 19.7. The van der Waals surface area contributed by atoms with Gasteiger partial charge in [0.05, 0.1) is 18.3 Å². The lowest BCUT2D eigenvalue weighted by atomic mass is 9.93. The van der Waals surface area contributed by atoms with E-state index < -0.39 is 11.2 Å². The summed E-state index contributed by atoms with van der Waals surface area (Å²) in [7, 11) is 3.04. The van der Waals surface area contributed by atoms with Crippen molar-refractivity contribution in [3.8, 4) is 17.0 Å². The Labute approximate surface area is 154 Å². The van der Waals surface area contributed by atoms with E-state index in [-0.39, 0.29) is 12.5 Å². The molecule has 0 radical (unpaired) electrons. The van der Waals surface area contributed by atoms with E-state index in [4.69, 9.17) is 14.9 Å². The van der Waals surface area contributed by atoms with Crippen LogP contribution in [-0.4, -0.2) is 32.0 Å². The van der Waals surface area contributed by atoms with Crippen LogP contribution < -0.4 is 10.5 Å². The number of benzene rings is 1. The second-order valence-electron chi connectivity index (χ2n) is 6.08. The number of hydrogen-bond acceptors (Lipinski definition) is 5. The van der Waals surface area contributed by atoms with Crippen LogP contribution in [0.2, 0.25) is 0 Å². The predicted octanol–water partition coefficient (Wildman–Crippen LogP) is 4.03. The summed E-state index contributed by atoms with van der Waals surface area (Å²) in [4.78, 5) is 4.07. The van der Waals surface area contributed by atoms with Crippen molar-refractivity contribution in [2.45, 2.75) is 13.8 Å². The molecule has 0 spiro atoms. The van der Waals surface area contributed by atoms with Crippen LogP contribution in [0, 0.1) is 16.6 Å². The van der Waals surface area contributed by atoms with Crippen LogP contribution in [0.4, 0.5) is 4.39 Å². The number of nitrogens with two attached hydrogens (primary N) is 1. The van der Waals surface area contributed by atoms with Gasteiger partial charge >= 0.3 is 0 Å². The average Bonchev–Trinajstić information content (AvgIpc) is 2.68. The van der Waals surface area contributed by atoms with Crippen molar-refractivity contribution in [3.05, 3.63) is 60.2 Å². The van der Waals surface area contributed by atoms with Gasteiger partial charge in [-0.05, 0) is 38.1 Å². The molecule has 0 amide bonds. The Morgan fingerprint density at radius 3 is 2.38 bits per heavy atom. The van der Waals surface area contributed by atoms with Crippen molar-refractivity contribution in [1.29, 1.82) is 5.41 Å². The molecule has 5 nitrogen and oxygen atoms in total. The number of pyridine rings is 1. The second-order valence-corrected chi connectivity index (χ2v) is 6.08. The Morgan fingerprint density at radius 2 is 1.88 bits per heavy atom. The van der Waals surface area contributed by atoms with Crippen LogP contribution in [0.5, 0.6) is 5.88 Å². The van der Waals surface area contributed by atoms with Gasteiger partial charge in [-0.25, -0.2) is 9.37 Å². The summed E-state index contributed by atoms with van der Waals surface area (Å²) < 4.78 is 24.9. The van der Waals surface area contributed by atoms with Gasteiger partial charge in [-0.3, -0.25) is 0 Å². The molecule has 0 fully saturated rings. The Bertz CT molecular complexity index is 743. The largest absolute Gasteiger partial charge is 0.501 e. The van der Waals surface area contributed by atoms with E-state index in [1.165, 1.54) is 19.3 Å². The maximum atomic E-state index is 14.3. The normalized spacial score (nSPS) is 10.4. The van der Waals surface area contributed by atoms with E-state index in [0.29, 0.717) is 11.3 Å². The van der Waals surface area contributed by atoms with Crippen LogP contribution in [0.1, 0.15) is 19.4 Å². The highest BCUT2D eigenvalue weighted by molar-refractivity contribution is 5.78. The summed E-state index contributed by atoms with van der Waals surface area (Å²) in [6, 6.07) is 8.62. The molecule has 0 unspecified atom stereocenters. The Hall–Kier alpha value is -2.73. The number of ether oxygens (including phenoxy) is 2. The molecule has 1 heterocycles. The molecule has 0 bridgehead atoms. The van der Waals surface area contributed by atoms with Gasteiger partial charge in [0.2, 0.25) is 5.88 Å². The van der Waals surface area contributed by atoms with Crippen molar-refractivity contribution in [2.24, 2.45) is 11.1 Å². The molecular formula is C20H26FN3O2. The fraction of sp³-hybridized carbons (Fsp3) is 0.300. The first kappa shape index (κ1) is 21.3. The van der Waals surface area contributed by atoms with Crippen molar-refractivity contribution >= 4 is 6.21 Å². The van der Waals surface area contributed by atoms with Gasteiger partial charge in [0, 0.05) is 18.0 Å². The SMILES string of the molecule is C=C(OC)C(C)(C)COc1ncc(-c2ccc(C=N)cc2)cc1F.CN. The first-order valence-corrected chi connectivity index (χ1v) is 8.08. The Morgan fingerprint density at radius 1 is 1.27 bits per heavy atom. The van der Waals surface area contributed by atoms with Crippen LogP contribution in [0.15, 0.2) is 48.9 Å². The van der Waals surface area contributed by atoms with Gasteiger partial charge in [-0.2, -0.15) is 0 Å². The molecule has 0 aliphatic carbocycles. The quantitative estimate of drug-likeness (QED) is 0.578. The minimum Gasteiger partial charge on any atom is -0.501 e. The summed E-state index contributed by atoms with van der Waals surface area (Å²) in [5, 5.41) is 7.19. The molecule has 0 saturated heterocycles. The highest BCUT2D eigenvalue weighted by Gasteiger charge is 2.25. The van der Waals surface area contributed by atoms with Gasteiger partial charge in [0.15, 0.2) is 5.82 Å². The molecule has 26 heavy (non-hydrogen) atoms. The standard InChI is InChI=1S/C19H21FN2O2.CH5N/c1-13(23-4)19(2,3)12-24-18-17(20)9-16(11-22-18)15-7-5-14(10-21)6-8-15;1-2/h5-11,21H,1,12H2,2-4H3;2H2,1H3. The van der Waals surface area contributed by atoms with E-state index in [2.05, 4.69) is 17.3 Å². The molecule has 0 aliphatic rings. The molecular weight excluding hydrogens is 333 g/mol. The number of halogens is 1. The summed E-state index contributed by atoms with van der Waals surface area (Å²) in [5.41, 5.74) is 6.31. The minimum atomic E-state index is -0.526. The van der Waals surface area contributed by atoms with Crippen LogP contribution in [0.3, 0.4) is 0 Å². The third-order valence-electron chi connectivity index (χ3n) is 3.79. The molecule has 0 atom stereocenters. The van der Waals surface area contributed by atoms with Gasteiger partial charge < -0.3 is 20.6 Å². The van der Waals surface area contributed by atoms with E-state index in [1.807, 2.05) is 26.0 Å². The maximum absolute atomic E-state index is 14.3. The molecule has 2 aromatic rings. The van der Waals surface area contributed by atoms with E-state index in [0.717, 1.165) is 11.1 Å². The molecule has 3 N–H and O–H groups in total. The number of methoxy groups -OCH3 is 1. The monoisotopic (exact) mass is 359 g/mol. The lowest BCUT2D eigenvalue weighted by molar-refractivity contribution is 0.127. The number of nitrogens with zero attached hydrogens (tertiary/aromatic N) is 1. The second kappa shape index (κ2) is 9.68. The molecule has 2 rings (SSSR count). The summed E-state index contributed by atoms with van der Waals surface area (Å²) in [6.45, 7) is 7.82. The lowest BCUT2D eigenvalue weighted by Gasteiger charge is -2.25. The van der Waals surface area contributed by atoms with Gasteiger partial charge in [0.25, 0.3) is 0 Å². The number of hydrogen-bond donors (Lipinski definition) is 2. The summed E-state index contributed by atoms with van der Waals surface area (Å²) in [5.74, 6) is -0.0138. The number of rotatable bonds is 7. The number of nitrogens with one attached hydrogen (secondary N) is 1. The fourth-order valence-electron chi connectivity index (χ4n) is 2.07. The average molecular weight is 359 g/mol. The highest BCUT2D eigenvalue weighted by atomic mass is 19.1. The van der Waals surface area contributed by atoms with E-state index >= 15 is 0 Å². The van der Waals surface area contributed by atoms with Crippen molar-refractivity contribution in [3.63, 3.8) is 0 Å². The first-order valence-electron chi connectivity index (χ1n) is 8.08. The summed E-state index contributed by atoms with van der Waals surface area (Å²) in [6.07, 6.45) is 2.82. The highest BCUT2D eigenvalue weighted by Crippen LogP contribution is 2.28. The van der Waals surface area contributed by atoms with Crippen molar-refractivity contribution < 1.29 is 13.9 Å². The lowest BCUT2D eigenvalue weighted by Crippen LogP contribution is -2.24. The Kier molecular flexibility index (Phi) is 7.93. The summed E-state index contributed by atoms with van der Waals surface area (Å²) >= 11 is 0. The predicted molar refractivity (Wildman–Crippen MR) is 103 cm³/mol. The van der Waals surface area contributed by atoms with Crippen molar-refractivity contribution in [1.82, 2.24) is 4.98 Å². The zero-order valence-corrected chi connectivity index (χ0v) is 15.7. The minimum absolute atomic E-state index is 0.0492. The third-order valence-corrected chi connectivity index (χ3v) is 3.79. The molecule has 0 aliphatic heterocycles. The smallest absolute Gasteiger partial charge is 0.250 e. The molecule has 140 valence electrons. The fourth-order valence-corrected chi connectivity index (χ4v) is 2.07. The van der Waals surface area contributed by atoms with E-state index in [9.17, 15) is 4.39 Å². The van der Waals surface area contributed by atoms with Gasteiger partial charge in [-0.1, -0.05) is 30.8 Å². The maximum Gasteiger partial charge on any atom is 0.250 e. The van der Waals surface area contributed by atoms with Crippen LogP contribution in [-0.2, 0) is 4.74 Å². The molecule has 0 saturated carbocycles. The zero-order valence-electron chi connectivity index (χ0n) is 15.7. The Balaban J connectivity index is 0.00000163. The van der Waals surface area contributed by atoms with Crippen LogP contribution >= 0.6 is 0 Å². The molecule has 6 heteroatoms. The van der Waals surface area contributed by atoms with Gasteiger partial charge in [-0.15, -0.1) is 0 Å². The first-order chi connectivity index (χ1) is 12.4. The number of aromatic nitrogens is 1. The molecule has 1 aromatic heterocycles. The topological polar surface area (TPSA) is 81.2 Å².